The first-order chi connectivity index (χ1) is 11.3. The molecule has 0 spiro atoms. The molecule has 0 aliphatic heterocycles. The fourth-order valence-corrected chi connectivity index (χ4v) is 2.26. The summed E-state index contributed by atoms with van der Waals surface area (Å²) in [6, 6.07) is 19.3. The number of benzene rings is 2. The van der Waals surface area contributed by atoms with Gasteiger partial charge in [-0.2, -0.15) is 10.2 Å². The number of carbonyl (C=O) groups is 1. The largest absolute Gasteiger partial charge is 0.289 e. The molecule has 1 heterocycles. The number of H-pyrrole nitrogens is 1. The number of aromatic amines is 1. The zero-order valence-corrected chi connectivity index (χ0v) is 12.7. The van der Waals surface area contributed by atoms with E-state index in [9.17, 15) is 4.79 Å². The summed E-state index contributed by atoms with van der Waals surface area (Å²) in [7, 11) is 0. The Balaban J connectivity index is 1.74. The van der Waals surface area contributed by atoms with Gasteiger partial charge in [0.15, 0.2) is 0 Å². The van der Waals surface area contributed by atoms with Crippen molar-refractivity contribution < 1.29 is 4.79 Å². The van der Waals surface area contributed by atoms with Crippen LogP contribution in [0.5, 0.6) is 0 Å². The average Bonchev–Trinajstić information content (AvgIpc) is 2.98. The Morgan fingerprint density at radius 3 is 2.43 bits per heavy atom. The van der Waals surface area contributed by atoms with Crippen molar-refractivity contribution in [3.05, 3.63) is 77.5 Å². The Hall–Kier alpha value is -3.21. The summed E-state index contributed by atoms with van der Waals surface area (Å²) in [5.74, 6) is -0.315. The zero-order valence-electron chi connectivity index (χ0n) is 12.7. The van der Waals surface area contributed by atoms with Crippen LogP contribution in [0.15, 0.2) is 65.8 Å². The Bertz CT molecular complexity index is 823. The number of carbonyl (C=O) groups excluding carboxylic acids is 1. The molecule has 0 saturated heterocycles. The highest BCUT2D eigenvalue weighted by Crippen LogP contribution is 2.22. The fraction of sp³-hybridized carbons (Fsp3) is 0.0556. The van der Waals surface area contributed by atoms with Gasteiger partial charge in [-0.15, -0.1) is 0 Å². The highest BCUT2D eigenvalue weighted by Gasteiger charge is 2.16. The first-order valence-corrected chi connectivity index (χ1v) is 7.24. The van der Waals surface area contributed by atoms with Crippen molar-refractivity contribution in [2.24, 2.45) is 5.10 Å². The Kier molecular flexibility index (Phi) is 4.29. The molecule has 3 aromatic rings. The minimum absolute atomic E-state index is 0.315. The van der Waals surface area contributed by atoms with Crippen LogP contribution in [0.2, 0.25) is 0 Å². The predicted molar refractivity (Wildman–Crippen MR) is 90.3 cm³/mol. The average molecular weight is 304 g/mol. The van der Waals surface area contributed by atoms with Crippen molar-refractivity contribution >= 4 is 12.1 Å². The van der Waals surface area contributed by atoms with Crippen molar-refractivity contribution in [1.82, 2.24) is 15.6 Å². The lowest BCUT2D eigenvalue weighted by molar-refractivity contribution is 0.0949. The third-order valence-corrected chi connectivity index (χ3v) is 3.46. The van der Waals surface area contributed by atoms with E-state index in [4.69, 9.17) is 0 Å². The van der Waals surface area contributed by atoms with Gasteiger partial charge in [-0.3, -0.25) is 9.89 Å². The zero-order chi connectivity index (χ0) is 16.1. The summed E-state index contributed by atoms with van der Waals surface area (Å²) >= 11 is 0. The van der Waals surface area contributed by atoms with Crippen LogP contribution in [0.3, 0.4) is 0 Å². The van der Waals surface area contributed by atoms with Gasteiger partial charge in [0, 0.05) is 11.1 Å². The second-order valence-electron chi connectivity index (χ2n) is 5.05. The van der Waals surface area contributed by atoms with Crippen LogP contribution < -0.4 is 5.43 Å². The Morgan fingerprint density at radius 1 is 1.09 bits per heavy atom. The van der Waals surface area contributed by atoms with Crippen LogP contribution in [0.25, 0.3) is 11.3 Å². The molecule has 0 atom stereocenters. The predicted octanol–water partition coefficient (Wildman–Crippen LogP) is 3.15. The molecule has 2 N–H and O–H groups in total. The quantitative estimate of drug-likeness (QED) is 0.574. The van der Waals surface area contributed by atoms with Gasteiger partial charge in [0.05, 0.1) is 11.9 Å². The van der Waals surface area contributed by atoms with Crippen LogP contribution in [-0.2, 0) is 0 Å². The number of rotatable bonds is 4. The lowest BCUT2D eigenvalue weighted by Gasteiger charge is -2.00. The van der Waals surface area contributed by atoms with Gasteiger partial charge in [0.25, 0.3) is 5.91 Å². The van der Waals surface area contributed by atoms with E-state index in [0.717, 1.165) is 22.4 Å². The number of nitrogens with zero attached hydrogens (tertiary/aromatic N) is 2. The van der Waals surface area contributed by atoms with Gasteiger partial charge in [-0.1, -0.05) is 60.7 Å². The third kappa shape index (κ3) is 3.35. The molecule has 3 rings (SSSR count). The number of aromatic nitrogens is 2. The molecule has 1 aromatic heterocycles. The number of hydrazone groups is 1. The van der Waals surface area contributed by atoms with Gasteiger partial charge in [-0.05, 0) is 12.5 Å². The highest BCUT2D eigenvalue weighted by molar-refractivity contribution is 5.95. The molecule has 1 amide bonds. The van der Waals surface area contributed by atoms with Crippen molar-refractivity contribution in [2.75, 3.05) is 0 Å². The van der Waals surface area contributed by atoms with Crippen LogP contribution in [0.1, 0.15) is 21.6 Å². The van der Waals surface area contributed by atoms with Gasteiger partial charge < -0.3 is 0 Å². The van der Waals surface area contributed by atoms with Crippen LogP contribution in [0, 0.1) is 6.92 Å². The Labute approximate surface area is 134 Å². The lowest BCUT2D eigenvalue weighted by atomic mass is 10.1. The highest BCUT2D eigenvalue weighted by atomic mass is 16.2. The molecule has 0 aliphatic rings. The summed E-state index contributed by atoms with van der Waals surface area (Å²) in [6.07, 6.45) is 1.60. The molecular formula is C18H16N4O. The molecular weight excluding hydrogens is 288 g/mol. The lowest BCUT2D eigenvalue weighted by Crippen LogP contribution is -2.19. The van der Waals surface area contributed by atoms with Gasteiger partial charge in [-0.25, -0.2) is 5.43 Å². The van der Waals surface area contributed by atoms with E-state index in [-0.39, 0.29) is 5.91 Å². The smallest absolute Gasteiger partial charge is 0.272 e. The summed E-state index contributed by atoms with van der Waals surface area (Å²) < 4.78 is 0. The molecule has 0 saturated carbocycles. The third-order valence-electron chi connectivity index (χ3n) is 3.46. The number of hydrogen-bond donors (Lipinski definition) is 2. The Morgan fingerprint density at radius 2 is 1.74 bits per heavy atom. The minimum Gasteiger partial charge on any atom is -0.272 e. The molecule has 0 bridgehead atoms. The van der Waals surface area contributed by atoms with Crippen molar-refractivity contribution in [1.29, 1.82) is 0 Å². The SMILES string of the molecule is Cc1c(-c2ccccc2)n[nH]c1C(=O)N/N=C\c1ccccc1. The topological polar surface area (TPSA) is 70.1 Å². The fourth-order valence-electron chi connectivity index (χ4n) is 2.26. The molecule has 23 heavy (non-hydrogen) atoms. The monoisotopic (exact) mass is 304 g/mol. The maximum atomic E-state index is 12.2. The maximum absolute atomic E-state index is 12.2. The second kappa shape index (κ2) is 6.70. The van der Waals surface area contributed by atoms with Gasteiger partial charge in [0.1, 0.15) is 5.69 Å². The van der Waals surface area contributed by atoms with Gasteiger partial charge in [0.2, 0.25) is 0 Å². The summed E-state index contributed by atoms with van der Waals surface area (Å²) in [5, 5.41) is 11.0. The summed E-state index contributed by atoms with van der Waals surface area (Å²) in [6.45, 7) is 1.86. The normalized spacial score (nSPS) is 10.8. The standard InChI is InChI=1S/C18H16N4O/c1-13-16(15-10-6-3-7-11-15)20-21-17(13)18(23)22-19-12-14-8-4-2-5-9-14/h2-12H,1H3,(H,20,21)(H,22,23)/b19-12-. The number of nitrogens with one attached hydrogen (secondary N) is 2. The van der Waals surface area contributed by atoms with E-state index in [1.54, 1.807) is 6.21 Å². The van der Waals surface area contributed by atoms with Crippen molar-refractivity contribution in [3.63, 3.8) is 0 Å². The summed E-state index contributed by atoms with van der Waals surface area (Å²) in [5.41, 5.74) is 6.37. The molecule has 0 radical (unpaired) electrons. The molecule has 114 valence electrons. The molecule has 0 unspecified atom stereocenters. The second-order valence-corrected chi connectivity index (χ2v) is 5.05. The van der Waals surface area contributed by atoms with E-state index >= 15 is 0 Å². The van der Waals surface area contributed by atoms with Crippen LogP contribution >= 0.6 is 0 Å². The molecule has 0 aliphatic carbocycles. The summed E-state index contributed by atoms with van der Waals surface area (Å²) in [4.78, 5) is 12.2. The first kappa shape index (κ1) is 14.7. The van der Waals surface area contributed by atoms with Crippen LogP contribution in [-0.4, -0.2) is 22.3 Å². The van der Waals surface area contributed by atoms with Crippen molar-refractivity contribution in [2.45, 2.75) is 6.92 Å². The van der Waals surface area contributed by atoms with E-state index in [1.165, 1.54) is 0 Å². The van der Waals surface area contributed by atoms with Crippen LogP contribution in [0.4, 0.5) is 0 Å². The first-order valence-electron chi connectivity index (χ1n) is 7.24. The molecule has 5 heteroatoms. The van der Waals surface area contributed by atoms with Gasteiger partial charge >= 0.3 is 0 Å². The van der Waals surface area contributed by atoms with E-state index in [1.807, 2.05) is 67.6 Å². The van der Waals surface area contributed by atoms with Crippen molar-refractivity contribution in [3.8, 4) is 11.3 Å². The molecule has 5 nitrogen and oxygen atoms in total. The minimum atomic E-state index is -0.315. The number of hydrogen-bond acceptors (Lipinski definition) is 3. The number of amides is 1. The van der Waals surface area contributed by atoms with E-state index in [2.05, 4.69) is 20.7 Å². The van der Waals surface area contributed by atoms with E-state index < -0.39 is 0 Å². The molecule has 0 fully saturated rings. The molecule has 2 aromatic carbocycles. The van der Waals surface area contributed by atoms with E-state index in [0.29, 0.717) is 5.69 Å². The maximum Gasteiger partial charge on any atom is 0.289 e.